The quantitative estimate of drug-likeness (QED) is 0.321. The van der Waals surface area contributed by atoms with Gasteiger partial charge in [0.15, 0.2) is 0 Å². The van der Waals surface area contributed by atoms with Gasteiger partial charge in [-0.3, -0.25) is 9.59 Å². The number of hydrogen-bond acceptors (Lipinski definition) is 4. The lowest BCUT2D eigenvalue weighted by atomic mass is 10.0. The molecule has 2 aromatic rings. The maximum Gasteiger partial charge on any atom is 0.306 e. The topological polar surface area (TPSA) is 43.4 Å². The van der Waals surface area contributed by atoms with Crippen molar-refractivity contribution < 1.29 is 14.3 Å². The molecule has 0 saturated heterocycles. The Morgan fingerprint density at radius 1 is 1.25 bits per heavy atom. The number of ether oxygens (including phenoxy) is 1. The maximum absolute atomic E-state index is 11.7. The first-order valence-corrected chi connectivity index (χ1v) is 11.4. The minimum absolute atomic E-state index is 0.0889. The summed E-state index contributed by atoms with van der Waals surface area (Å²) in [5.74, 6) is 0.819. The van der Waals surface area contributed by atoms with Crippen LogP contribution in [0, 0.1) is 5.41 Å². The summed E-state index contributed by atoms with van der Waals surface area (Å²) in [6.07, 6.45) is 5.50. The predicted molar refractivity (Wildman–Crippen MR) is 118 cm³/mol. The van der Waals surface area contributed by atoms with Crippen molar-refractivity contribution in [1.82, 2.24) is 0 Å². The molecule has 0 unspecified atom stereocenters. The second-order valence-electron chi connectivity index (χ2n) is 7.47. The van der Waals surface area contributed by atoms with Crippen LogP contribution in [0.2, 0.25) is 0 Å². The minimum atomic E-state index is -0.120. The summed E-state index contributed by atoms with van der Waals surface area (Å²) >= 11 is 5.54. The van der Waals surface area contributed by atoms with Crippen LogP contribution < -0.4 is 0 Å². The molecule has 3 nitrogen and oxygen atoms in total. The van der Waals surface area contributed by atoms with Crippen LogP contribution in [-0.4, -0.2) is 25.1 Å². The van der Waals surface area contributed by atoms with Crippen molar-refractivity contribution in [1.29, 1.82) is 0 Å². The zero-order chi connectivity index (χ0) is 20.0. The number of carbonyl (C=O) groups excluding carboxylic acids is 2. The summed E-state index contributed by atoms with van der Waals surface area (Å²) in [4.78, 5) is 23.0. The molecule has 0 radical (unpaired) electrons. The smallest absolute Gasteiger partial charge is 0.306 e. The first kappa shape index (κ1) is 21.1. The number of thioether (sulfide) groups is 1. The van der Waals surface area contributed by atoms with E-state index in [0.29, 0.717) is 12.0 Å². The summed E-state index contributed by atoms with van der Waals surface area (Å²) in [5, 5.41) is 0.280. The monoisotopic (exact) mass is 460 g/mol. The lowest BCUT2D eigenvalue weighted by molar-refractivity contribution is -0.141. The first-order chi connectivity index (χ1) is 13.5. The van der Waals surface area contributed by atoms with Gasteiger partial charge in [-0.05, 0) is 54.4 Å². The van der Waals surface area contributed by atoms with Gasteiger partial charge in [0.05, 0.1) is 13.5 Å². The number of esters is 1. The van der Waals surface area contributed by atoms with E-state index in [2.05, 4.69) is 40.2 Å². The number of hydrogen-bond donors (Lipinski definition) is 0. The van der Waals surface area contributed by atoms with Gasteiger partial charge in [-0.2, -0.15) is 11.8 Å². The number of carbonyl (C=O) groups is 2. The first-order valence-electron chi connectivity index (χ1n) is 9.52. The average Bonchev–Trinajstić information content (AvgIpc) is 3.48. The zero-order valence-electron chi connectivity index (χ0n) is 16.0. The Kier molecular flexibility index (Phi) is 7.36. The Morgan fingerprint density at radius 2 is 2.04 bits per heavy atom. The highest BCUT2D eigenvalue weighted by atomic mass is 79.9. The van der Waals surface area contributed by atoms with Crippen LogP contribution in [0.4, 0.5) is 0 Å². The lowest BCUT2D eigenvalue weighted by Gasteiger charge is -2.21. The Balaban J connectivity index is 1.71. The molecule has 0 bridgehead atoms. The van der Waals surface area contributed by atoms with Gasteiger partial charge in [0.1, 0.15) is 6.29 Å². The largest absolute Gasteiger partial charge is 0.469 e. The molecule has 1 fully saturated rings. The van der Waals surface area contributed by atoms with Crippen LogP contribution in [0.15, 0.2) is 53.0 Å². The summed E-state index contributed by atoms with van der Waals surface area (Å²) in [5.41, 5.74) is 3.26. The van der Waals surface area contributed by atoms with Crippen LogP contribution in [-0.2, 0) is 16.0 Å². The fraction of sp³-hybridized carbons (Fsp3) is 0.391. The number of benzene rings is 2. The number of rotatable bonds is 10. The summed E-state index contributed by atoms with van der Waals surface area (Å²) in [6, 6.07) is 16.2. The third-order valence-electron chi connectivity index (χ3n) is 5.35. The SMILES string of the molecule is COC(=O)CC1(CS[C@H](CCc2ccccc2Br)c2cccc(C=O)c2)CC1. The zero-order valence-corrected chi connectivity index (χ0v) is 18.4. The second kappa shape index (κ2) is 9.75. The normalized spacial score (nSPS) is 15.6. The molecule has 5 heteroatoms. The summed E-state index contributed by atoms with van der Waals surface area (Å²) in [7, 11) is 1.46. The highest BCUT2D eigenvalue weighted by Crippen LogP contribution is 2.53. The molecule has 28 heavy (non-hydrogen) atoms. The van der Waals surface area contributed by atoms with E-state index in [1.807, 2.05) is 36.0 Å². The molecule has 3 rings (SSSR count). The van der Waals surface area contributed by atoms with Gasteiger partial charge >= 0.3 is 5.97 Å². The van der Waals surface area contributed by atoms with Gasteiger partial charge < -0.3 is 4.74 Å². The van der Waals surface area contributed by atoms with Crippen molar-refractivity contribution in [3.8, 4) is 0 Å². The van der Waals surface area contributed by atoms with Gasteiger partial charge in [0, 0.05) is 21.0 Å². The van der Waals surface area contributed by atoms with Crippen molar-refractivity contribution in [3.63, 3.8) is 0 Å². The van der Waals surface area contributed by atoms with E-state index >= 15 is 0 Å². The summed E-state index contributed by atoms with van der Waals surface area (Å²) < 4.78 is 6.00. The molecule has 1 aliphatic rings. The third-order valence-corrected chi connectivity index (χ3v) is 7.81. The van der Waals surface area contributed by atoms with Crippen LogP contribution in [0.3, 0.4) is 0 Å². The van der Waals surface area contributed by atoms with Gasteiger partial charge in [0.2, 0.25) is 0 Å². The number of halogens is 1. The summed E-state index contributed by atoms with van der Waals surface area (Å²) in [6.45, 7) is 0. The van der Waals surface area contributed by atoms with Gasteiger partial charge in [-0.1, -0.05) is 52.3 Å². The molecule has 1 saturated carbocycles. The molecule has 1 atom stereocenters. The molecule has 0 aromatic heterocycles. The molecule has 1 aliphatic carbocycles. The highest BCUT2D eigenvalue weighted by molar-refractivity contribution is 9.10. The van der Waals surface area contributed by atoms with E-state index in [9.17, 15) is 9.59 Å². The van der Waals surface area contributed by atoms with E-state index in [1.165, 1.54) is 18.2 Å². The van der Waals surface area contributed by atoms with Gasteiger partial charge in [-0.15, -0.1) is 0 Å². The molecule has 2 aromatic carbocycles. The van der Waals surface area contributed by atoms with Crippen molar-refractivity contribution >= 4 is 39.9 Å². The maximum atomic E-state index is 11.7. The van der Waals surface area contributed by atoms with E-state index in [1.54, 1.807) is 0 Å². The van der Waals surface area contributed by atoms with E-state index in [-0.39, 0.29) is 16.6 Å². The third kappa shape index (κ3) is 5.71. The number of methoxy groups -OCH3 is 1. The predicted octanol–water partition coefficient (Wildman–Crippen LogP) is 6.01. The molecule has 148 valence electrons. The molecule has 0 spiro atoms. The van der Waals surface area contributed by atoms with Crippen molar-refractivity contribution in [2.75, 3.05) is 12.9 Å². The highest BCUT2D eigenvalue weighted by Gasteiger charge is 2.44. The molecule has 0 amide bonds. The Labute approximate surface area is 179 Å². The Hall–Kier alpha value is -1.59. The lowest BCUT2D eigenvalue weighted by Crippen LogP contribution is -2.14. The molecule has 0 aliphatic heterocycles. The standard InChI is InChI=1S/C23H25BrO3S/c1-27-22(26)14-23(11-12-23)16-28-21(19-7-4-5-17(13-19)15-25)10-9-18-6-2-3-8-20(18)24/h2-8,13,15,21H,9-12,14,16H2,1H3/t21-/m1/s1. The van der Waals surface area contributed by atoms with Crippen molar-refractivity contribution in [2.24, 2.45) is 5.41 Å². The van der Waals surface area contributed by atoms with Crippen LogP contribution in [0.1, 0.15) is 52.4 Å². The average molecular weight is 461 g/mol. The van der Waals surface area contributed by atoms with Crippen molar-refractivity contribution in [2.45, 2.75) is 37.4 Å². The molecule has 0 heterocycles. The molecular weight excluding hydrogens is 436 g/mol. The van der Waals surface area contributed by atoms with Crippen molar-refractivity contribution in [3.05, 3.63) is 69.7 Å². The van der Waals surface area contributed by atoms with Gasteiger partial charge in [-0.25, -0.2) is 0 Å². The Morgan fingerprint density at radius 3 is 2.71 bits per heavy atom. The fourth-order valence-electron chi connectivity index (χ4n) is 3.37. The molecule has 0 N–H and O–H groups in total. The van der Waals surface area contributed by atoms with Gasteiger partial charge in [0.25, 0.3) is 0 Å². The minimum Gasteiger partial charge on any atom is -0.469 e. The van der Waals surface area contributed by atoms with E-state index in [0.717, 1.165) is 42.2 Å². The molecular formula is C23H25BrO3S. The number of aryl methyl sites for hydroxylation is 1. The second-order valence-corrected chi connectivity index (χ2v) is 9.52. The van der Waals surface area contributed by atoms with Crippen LogP contribution in [0.5, 0.6) is 0 Å². The van der Waals surface area contributed by atoms with E-state index < -0.39 is 0 Å². The van der Waals surface area contributed by atoms with E-state index in [4.69, 9.17) is 4.74 Å². The van der Waals surface area contributed by atoms with Crippen LogP contribution in [0.25, 0.3) is 0 Å². The fourth-order valence-corrected chi connectivity index (χ4v) is 5.42. The Bertz CT molecular complexity index is 832. The number of aldehydes is 1. The van der Waals surface area contributed by atoms with Crippen LogP contribution >= 0.6 is 27.7 Å².